The minimum Gasteiger partial charge on any atom is -0.377 e. The molecule has 1 aliphatic rings. The van der Waals surface area contributed by atoms with Crippen molar-refractivity contribution in [2.24, 2.45) is 5.92 Å². The van der Waals surface area contributed by atoms with Crippen molar-refractivity contribution < 1.29 is 9.90 Å². The highest BCUT2D eigenvalue weighted by molar-refractivity contribution is 5.89. The summed E-state index contributed by atoms with van der Waals surface area (Å²) in [6.07, 6.45) is 3.75. The lowest BCUT2D eigenvalue weighted by Gasteiger charge is -2.40. The van der Waals surface area contributed by atoms with Gasteiger partial charge in [-0.2, -0.15) is 0 Å². The first kappa shape index (κ1) is 16.7. The molecule has 0 bridgehead atoms. The highest BCUT2D eigenvalue weighted by Crippen LogP contribution is 2.43. The molecule has 0 aromatic heterocycles. The van der Waals surface area contributed by atoms with E-state index in [1.807, 2.05) is 37.3 Å². The molecule has 0 aliphatic heterocycles. The molecule has 2 N–H and O–H groups in total. The van der Waals surface area contributed by atoms with E-state index in [9.17, 15) is 9.90 Å². The van der Waals surface area contributed by atoms with E-state index >= 15 is 0 Å². The summed E-state index contributed by atoms with van der Waals surface area (Å²) in [7, 11) is 0. The molecule has 0 heterocycles. The molecular formula is C19H25NO2. The molecule has 1 unspecified atom stereocenters. The monoisotopic (exact) mass is 299 g/mol. The summed E-state index contributed by atoms with van der Waals surface area (Å²) in [5.41, 5.74) is -0.603. The maximum atomic E-state index is 12.7. The van der Waals surface area contributed by atoms with E-state index in [0.717, 1.165) is 31.4 Å². The molecule has 3 heteroatoms. The summed E-state index contributed by atoms with van der Waals surface area (Å²) in [6.45, 7) is 3.57. The number of aliphatic hydroxyl groups is 1. The number of hydrogen-bond donors (Lipinski definition) is 2. The van der Waals surface area contributed by atoms with Crippen LogP contribution in [0.3, 0.4) is 0 Å². The Kier molecular flexibility index (Phi) is 6.18. The zero-order chi connectivity index (χ0) is 15.8. The molecule has 1 fully saturated rings. The van der Waals surface area contributed by atoms with Crippen LogP contribution in [0, 0.1) is 17.8 Å². The SMILES string of the molecule is CCNCC#CCCC(=O)C(O)(c1ccccc1)C1CCC1. The molecule has 1 aromatic carbocycles. The molecule has 1 saturated carbocycles. The Labute approximate surface area is 133 Å². The average Bonchev–Trinajstić information content (AvgIpc) is 2.49. The number of carbonyl (C=O) groups excluding carboxylic acids is 1. The molecule has 0 radical (unpaired) electrons. The molecule has 1 aromatic rings. The highest BCUT2D eigenvalue weighted by Gasteiger charge is 2.46. The predicted octanol–water partition coefficient (Wildman–Crippen LogP) is 2.64. The van der Waals surface area contributed by atoms with Gasteiger partial charge in [0, 0.05) is 12.8 Å². The van der Waals surface area contributed by atoms with Crippen molar-refractivity contribution in [1.82, 2.24) is 5.32 Å². The van der Waals surface area contributed by atoms with Crippen molar-refractivity contribution in [1.29, 1.82) is 0 Å². The van der Waals surface area contributed by atoms with Gasteiger partial charge in [-0.25, -0.2) is 0 Å². The van der Waals surface area contributed by atoms with Gasteiger partial charge in [0.15, 0.2) is 11.4 Å². The van der Waals surface area contributed by atoms with E-state index in [0.29, 0.717) is 19.4 Å². The van der Waals surface area contributed by atoms with Crippen LogP contribution >= 0.6 is 0 Å². The number of rotatable bonds is 7. The van der Waals surface area contributed by atoms with Crippen LogP contribution in [-0.4, -0.2) is 24.0 Å². The molecule has 3 nitrogen and oxygen atoms in total. The second-order valence-corrected chi connectivity index (χ2v) is 5.82. The Balaban J connectivity index is 2.02. The quantitative estimate of drug-likeness (QED) is 0.601. The van der Waals surface area contributed by atoms with Crippen LogP contribution in [0.1, 0.15) is 44.6 Å². The number of carbonyl (C=O) groups is 1. The summed E-state index contributed by atoms with van der Waals surface area (Å²) in [5, 5.41) is 14.2. The fourth-order valence-electron chi connectivity index (χ4n) is 2.85. The number of hydrogen-bond acceptors (Lipinski definition) is 3. The molecule has 118 valence electrons. The summed E-state index contributed by atoms with van der Waals surface area (Å²) < 4.78 is 0. The maximum Gasteiger partial charge on any atom is 0.170 e. The maximum absolute atomic E-state index is 12.7. The van der Waals surface area contributed by atoms with Crippen molar-refractivity contribution in [2.75, 3.05) is 13.1 Å². The van der Waals surface area contributed by atoms with E-state index in [2.05, 4.69) is 17.2 Å². The number of ketones is 1. The molecule has 2 rings (SSSR count). The summed E-state index contributed by atoms with van der Waals surface area (Å²) in [4.78, 5) is 12.7. The predicted molar refractivity (Wildman–Crippen MR) is 88.2 cm³/mol. The van der Waals surface area contributed by atoms with Gasteiger partial charge in [0.05, 0.1) is 6.54 Å². The van der Waals surface area contributed by atoms with E-state index in [1.165, 1.54) is 0 Å². The third kappa shape index (κ3) is 3.76. The van der Waals surface area contributed by atoms with Crippen LogP contribution in [0.4, 0.5) is 0 Å². The Bertz CT molecular complexity index is 540. The Hall–Kier alpha value is -1.63. The third-order valence-corrected chi connectivity index (χ3v) is 4.40. The van der Waals surface area contributed by atoms with Crippen LogP contribution in [0.15, 0.2) is 30.3 Å². The van der Waals surface area contributed by atoms with Gasteiger partial charge < -0.3 is 10.4 Å². The summed E-state index contributed by atoms with van der Waals surface area (Å²) >= 11 is 0. The van der Waals surface area contributed by atoms with E-state index < -0.39 is 5.60 Å². The molecular weight excluding hydrogens is 274 g/mol. The fourth-order valence-corrected chi connectivity index (χ4v) is 2.85. The Morgan fingerprint density at radius 3 is 2.64 bits per heavy atom. The zero-order valence-electron chi connectivity index (χ0n) is 13.3. The van der Waals surface area contributed by atoms with Crippen molar-refractivity contribution in [2.45, 2.75) is 44.6 Å². The summed E-state index contributed by atoms with van der Waals surface area (Å²) in [5.74, 6) is 5.96. The zero-order valence-corrected chi connectivity index (χ0v) is 13.3. The minimum atomic E-state index is -1.33. The van der Waals surface area contributed by atoms with Gasteiger partial charge in [-0.15, -0.1) is 5.92 Å². The summed E-state index contributed by atoms with van der Waals surface area (Å²) in [6, 6.07) is 9.37. The van der Waals surface area contributed by atoms with Crippen LogP contribution < -0.4 is 5.32 Å². The van der Waals surface area contributed by atoms with Crippen molar-refractivity contribution in [3.05, 3.63) is 35.9 Å². The third-order valence-electron chi connectivity index (χ3n) is 4.40. The number of benzene rings is 1. The van der Waals surface area contributed by atoms with E-state index in [1.54, 1.807) is 0 Å². The van der Waals surface area contributed by atoms with Gasteiger partial charge in [-0.3, -0.25) is 4.79 Å². The van der Waals surface area contributed by atoms with Gasteiger partial charge in [0.1, 0.15) is 0 Å². The molecule has 0 spiro atoms. The molecule has 0 saturated heterocycles. The first-order chi connectivity index (χ1) is 10.7. The molecule has 1 atom stereocenters. The van der Waals surface area contributed by atoms with E-state index in [-0.39, 0.29) is 11.7 Å². The lowest BCUT2D eigenvalue weighted by Crippen LogP contribution is -2.46. The van der Waals surface area contributed by atoms with Crippen LogP contribution in [0.25, 0.3) is 0 Å². The van der Waals surface area contributed by atoms with Crippen molar-refractivity contribution in [3.8, 4) is 11.8 Å². The molecule has 1 aliphatic carbocycles. The smallest absolute Gasteiger partial charge is 0.170 e. The van der Waals surface area contributed by atoms with Crippen molar-refractivity contribution in [3.63, 3.8) is 0 Å². The second-order valence-electron chi connectivity index (χ2n) is 5.82. The first-order valence-electron chi connectivity index (χ1n) is 8.17. The van der Waals surface area contributed by atoms with Gasteiger partial charge in [0.2, 0.25) is 0 Å². The van der Waals surface area contributed by atoms with E-state index in [4.69, 9.17) is 0 Å². The van der Waals surface area contributed by atoms with Gasteiger partial charge >= 0.3 is 0 Å². The highest BCUT2D eigenvalue weighted by atomic mass is 16.3. The largest absolute Gasteiger partial charge is 0.377 e. The topological polar surface area (TPSA) is 49.3 Å². The minimum absolute atomic E-state index is 0.0529. The van der Waals surface area contributed by atoms with Crippen LogP contribution in [0.2, 0.25) is 0 Å². The Morgan fingerprint density at radius 1 is 1.32 bits per heavy atom. The van der Waals surface area contributed by atoms with Gasteiger partial charge in [0.25, 0.3) is 0 Å². The number of Topliss-reactive ketones (excluding diaryl/α,β-unsaturated/α-hetero) is 1. The molecule has 22 heavy (non-hydrogen) atoms. The van der Waals surface area contributed by atoms with Gasteiger partial charge in [-0.1, -0.05) is 49.6 Å². The second kappa shape index (κ2) is 8.12. The first-order valence-corrected chi connectivity index (χ1v) is 8.17. The lowest BCUT2D eigenvalue weighted by atomic mass is 9.67. The van der Waals surface area contributed by atoms with Gasteiger partial charge in [-0.05, 0) is 30.9 Å². The van der Waals surface area contributed by atoms with Crippen LogP contribution in [-0.2, 0) is 10.4 Å². The Morgan fingerprint density at radius 2 is 2.05 bits per heavy atom. The number of nitrogens with one attached hydrogen (secondary N) is 1. The standard InChI is InChI=1S/C19H25NO2/c1-2-20-15-8-4-7-14-18(21)19(22,17-12-9-13-17)16-10-5-3-6-11-16/h3,5-6,10-11,17,20,22H,2,7,9,12-15H2,1H3. The normalized spacial score (nSPS) is 17.0. The molecule has 0 amide bonds. The van der Waals surface area contributed by atoms with Crippen molar-refractivity contribution >= 4 is 5.78 Å². The van der Waals surface area contributed by atoms with Crippen LogP contribution in [0.5, 0.6) is 0 Å². The fraction of sp³-hybridized carbons (Fsp3) is 0.526. The average molecular weight is 299 g/mol. The lowest BCUT2D eigenvalue weighted by molar-refractivity contribution is -0.149.